The Bertz CT molecular complexity index is 1270. The molecule has 0 unspecified atom stereocenters. The Balaban J connectivity index is 1.43. The van der Waals surface area contributed by atoms with Gasteiger partial charge in [0.05, 0.1) is 11.2 Å². The number of anilines is 2. The van der Waals surface area contributed by atoms with Gasteiger partial charge in [-0.2, -0.15) is 5.26 Å². The molecule has 2 aliphatic rings. The smallest absolute Gasteiger partial charge is 0.270 e. The van der Waals surface area contributed by atoms with E-state index in [4.69, 9.17) is 11.6 Å². The van der Waals surface area contributed by atoms with Crippen LogP contribution in [0.3, 0.4) is 0 Å². The monoisotopic (exact) mass is 461 g/mol. The molecule has 0 amide bonds. The van der Waals surface area contributed by atoms with Gasteiger partial charge in [-0.05, 0) is 62.8 Å². The molecule has 5 rings (SSSR count). The van der Waals surface area contributed by atoms with Crippen LogP contribution in [-0.4, -0.2) is 34.7 Å². The molecule has 33 heavy (non-hydrogen) atoms. The van der Waals surface area contributed by atoms with Gasteiger partial charge in [-0.1, -0.05) is 29.8 Å². The summed E-state index contributed by atoms with van der Waals surface area (Å²) in [6.07, 6.45) is 6.70. The molecule has 2 fully saturated rings. The van der Waals surface area contributed by atoms with Crippen molar-refractivity contribution in [3.8, 4) is 6.07 Å². The lowest BCUT2D eigenvalue weighted by Crippen LogP contribution is -2.44. The maximum atomic E-state index is 12.9. The van der Waals surface area contributed by atoms with Gasteiger partial charge in [-0.25, -0.2) is 4.98 Å². The Morgan fingerprint density at radius 1 is 1.00 bits per heavy atom. The van der Waals surface area contributed by atoms with E-state index in [0.717, 1.165) is 25.7 Å². The molecule has 1 aromatic carbocycles. The van der Waals surface area contributed by atoms with E-state index in [1.165, 1.54) is 23.1 Å². The average molecular weight is 462 g/mol. The van der Waals surface area contributed by atoms with Crippen molar-refractivity contribution in [1.82, 2.24) is 9.55 Å². The topological polar surface area (TPSA) is 65.2 Å². The number of hydrogen-bond acceptors (Lipinski definition) is 5. The summed E-state index contributed by atoms with van der Waals surface area (Å²) in [5.41, 5.74) is 3.04. The summed E-state index contributed by atoms with van der Waals surface area (Å²) in [6, 6.07) is 17.8. The summed E-state index contributed by atoms with van der Waals surface area (Å²) < 4.78 is 1.48. The van der Waals surface area contributed by atoms with Crippen molar-refractivity contribution in [3.63, 3.8) is 0 Å². The summed E-state index contributed by atoms with van der Waals surface area (Å²) in [5, 5.41) is 10.2. The van der Waals surface area contributed by atoms with E-state index in [9.17, 15) is 10.1 Å². The number of fused-ring (bicyclic) bond motifs is 1. The average Bonchev–Trinajstić information content (AvgIpc) is 3.67. The number of nitrogens with zero attached hydrogens (tertiary/aromatic N) is 5. The maximum Gasteiger partial charge on any atom is 0.270 e. The highest BCUT2D eigenvalue weighted by Crippen LogP contribution is 2.39. The van der Waals surface area contributed by atoms with Crippen LogP contribution in [0.15, 0.2) is 47.3 Å². The van der Waals surface area contributed by atoms with Crippen LogP contribution >= 0.6 is 11.6 Å². The fourth-order valence-corrected chi connectivity index (χ4v) is 5.54. The van der Waals surface area contributed by atoms with E-state index in [0.29, 0.717) is 34.0 Å². The number of benzene rings is 1. The molecule has 0 saturated heterocycles. The zero-order chi connectivity index (χ0) is 23.1. The molecule has 0 aliphatic heterocycles. The highest BCUT2D eigenvalue weighted by molar-refractivity contribution is 6.29. The number of aryl methyl sites for hydroxylation is 1. The van der Waals surface area contributed by atoms with Gasteiger partial charge in [0.15, 0.2) is 0 Å². The molecule has 2 aliphatic carbocycles. The number of nitriles is 1. The molecular weight excluding hydrogens is 434 g/mol. The van der Waals surface area contributed by atoms with E-state index in [1.807, 2.05) is 7.05 Å². The number of aromatic nitrogens is 2. The Kier molecular flexibility index (Phi) is 5.76. The van der Waals surface area contributed by atoms with Crippen molar-refractivity contribution in [2.45, 2.75) is 56.7 Å². The predicted octanol–water partition coefficient (Wildman–Crippen LogP) is 4.87. The lowest BCUT2D eigenvalue weighted by atomic mass is 9.88. The summed E-state index contributed by atoms with van der Waals surface area (Å²) in [7, 11) is 3.66. The number of halogens is 1. The predicted molar refractivity (Wildman–Crippen MR) is 133 cm³/mol. The molecule has 2 heterocycles. The fraction of sp³-hybridized carbons (Fsp3) is 0.423. The normalized spacial score (nSPS) is 20.4. The van der Waals surface area contributed by atoms with Crippen molar-refractivity contribution < 1.29 is 0 Å². The molecule has 0 radical (unpaired) electrons. The highest BCUT2D eigenvalue weighted by Gasteiger charge is 2.37. The molecule has 0 bridgehead atoms. The number of pyridine rings is 2. The molecule has 170 valence electrons. The third kappa shape index (κ3) is 3.95. The quantitative estimate of drug-likeness (QED) is 0.507. The lowest BCUT2D eigenvalue weighted by Gasteiger charge is -2.42. The molecule has 0 spiro atoms. The second kappa shape index (κ2) is 8.72. The Morgan fingerprint density at radius 3 is 2.21 bits per heavy atom. The third-order valence-corrected chi connectivity index (χ3v) is 7.46. The Hall–Kier alpha value is -3.04. The van der Waals surface area contributed by atoms with Gasteiger partial charge in [0, 0.05) is 37.9 Å². The van der Waals surface area contributed by atoms with Crippen molar-refractivity contribution in [3.05, 3.63) is 63.5 Å². The summed E-state index contributed by atoms with van der Waals surface area (Å²) >= 11 is 6.21. The molecule has 6 nitrogen and oxygen atoms in total. The van der Waals surface area contributed by atoms with Gasteiger partial charge < -0.3 is 14.4 Å². The van der Waals surface area contributed by atoms with Crippen LogP contribution in [0.1, 0.15) is 44.1 Å². The van der Waals surface area contributed by atoms with Gasteiger partial charge in [-0.15, -0.1) is 0 Å². The number of rotatable bonds is 5. The van der Waals surface area contributed by atoms with Crippen LogP contribution in [0.2, 0.25) is 5.15 Å². The number of para-hydroxylation sites is 1. The van der Waals surface area contributed by atoms with Crippen LogP contribution in [0, 0.1) is 11.3 Å². The fourth-order valence-electron chi connectivity index (χ4n) is 5.39. The van der Waals surface area contributed by atoms with Gasteiger partial charge in [-0.3, -0.25) is 4.79 Å². The van der Waals surface area contributed by atoms with Crippen molar-refractivity contribution >= 4 is 34.0 Å². The van der Waals surface area contributed by atoms with Crippen LogP contribution < -0.4 is 15.4 Å². The van der Waals surface area contributed by atoms with Crippen molar-refractivity contribution in [1.29, 1.82) is 5.26 Å². The Labute approximate surface area is 199 Å². The first-order chi connectivity index (χ1) is 16.0. The van der Waals surface area contributed by atoms with E-state index in [2.05, 4.69) is 51.2 Å². The minimum Gasteiger partial charge on any atom is -0.369 e. The van der Waals surface area contributed by atoms with Gasteiger partial charge >= 0.3 is 0 Å². The van der Waals surface area contributed by atoms with Gasteiger partial charge in [0.1, 0.15) is 22.3 Å². The third-order valence-electron chi connectivity index (χ3n) is 7.25. The summed E-state index contributed by atoms with van der Waals surface area (Å²) in [5.74, 6) is 0. The standard InChI is InChI=1S/C26H28ClN5O/c1-30(25-21(16-28)26(33)31(2)22-14-15-23(27)29-24(22)25)17-8-10-19(11-9-17)32(20-12-13-20)18-6-4-3-5-7-18/h3-7,14-15,17,19-20H,8-13H2,1-2H3/t17-,19-. The first-order valence-electron chi connectivity index (χ1n) is 11.6. The van der Waals surface area contributed by atoms with E-state index in [-0.39, 0.29) is 17.2 Å². The van der Waals surface area contributed by atoms with Crippen LogP contribution in [0.4, 0.5) is 11.4 Å². The van der Waals surface area contributed by atoms with E-state index in [1.54, 1.807) is 19.2 Å². The summed E-state index contributed by atoms with van der Waals surface area (Å²) in [6.45, 7) is 0. The first kappa shape index (κ1) is 21.8. The zero-order valence-electron chi connectivity index (χ0n) is 19.0. The van der Waals surface area contributed by atoms with Crippen molar-refractivity contribution in [2.75, 3.05) is 16.8 Å². The molecule has 2 saturated carbocycles. The van der Waals surface area contributed by atoms with Gasteiger partial charge in [0.25, 0.3) is 5.56 Å². The zero-order valence-corrected chi connectivity index (χ0v) is 19.8. The van der Waals surface area contributed by atoms with Crippen molar-refractivity contribution in [2.24, 2.45) is 7.05 Å². The molecule has 3 aromatic rings. The van der Waals surface area contributed by atoms with Crippen LogP contribution in [0.25, 0.3) is 11.0 Å². The summed E-state index contributed by atoms with van der Waals surface area (Å²) in [4.78, 5) is 22.2. The largest absolute Gasteiger partial charge is 0.369 e. The maximum absolute atomic E-state index is 12.9. The highest BCUT2D eigenvalue weighted by atomic mass is 35.5. The van der Waals surface area contributed by atoms with Crippen LogP contribution in [0.5, 0.6) is 0 Å². The van der Waals surface area contributed by atoms with Gasteiger partial charge in [0.2, 0.25) is 0 Å². The van der Waals surface area contributed by atoms with E-state index < -0.39 is 0 Å². The van der Waals surface area contributed by atoms with E-state index >= 15 is 0 Å². The number of hydrogen-bond donors (Lipinski definition) is 0. The molecule has 0 atom stereocenters. The lowest BCUT2D eigenvalue weighted by molar-refractivity contribution is 0.366. The van der Waals surface area contributed by atoms with Crippen LogP contribution in [-0.2, 0) is 7.05 Å². The second-order valence-electron chi connectivity index (χ2n) is 9.25. The molecular formula is C26H28ClN5O. The first-order valence-corrected chi connectivity index (χ1v) is 12.0. The molecule has 7 heteroatoms. The minimum absolute atomic E-state index is 0.133. The molecule has 2 aromatic heterocycles. The Morgan fingerprint density at radius 2 is 1.61 bits per heavy atom. The second-order valence-corrected chi connectivity index (χ2v) is 9.64. The SMILES string of the molecule is Cn1c(=O)c(C#N)c(N(C)[C@H]2CC[C@H](N(c3ccccc3)C3CC3)CC2)c2nc(Cl)ccc21. The molecule has 0 N–H and O–H groups in total. The minimum atomic E-state index is -0.298.